The monoisotopic (exact) mass is 586 g/mol. The van der Waals surface area contributed by atoms with E-state index in [2.05, 4.69) is 28.0 Å². The van der Waals surface area contributed by atoms with Gasteiger partial charge in [-0.25, -0.2) is 13.2 Å². The van der Waals surface area contributed by atoms with Crippen molar-refractivity contribution in [3.05, 3.63) is 59.3 Å². The van der Waals surface area contributed by atoms with Crippen LogP contribution < -0.4 is 14.8 Å². The summed E-state index contributed by atoms with van der Waals surface area (Å²) in [6.45, 7) is 10.3. The first kappa shape index (κ1) is 30.7. The van der Waals surface area contributed by atoms with Crippen LogP contribution >= 0.6 is 0 Å². The van der Waals surface area contributed by atoms with Crippen LogP contribution in [0.1, 0.15) is 62.5 Å². The number of aliphatic hydroxyl groups excluding tert-OH is 1. The summed E-state index contributed by atoms with van der Waals surface area (Å²) in [7, 11) is -3.39. The van der Waals surface area contributed by atoms with E-state index in [1.54, 1.807) is 24.3 Å². The second kappa shape index (κ2) is 12.7. The van der Waals surface area contributed by atoms with Crippen molar-refractivity contribution in [2.75, 3.05) is 43.8 Å². The number of amides is 1. The zero-order valence-corrected chi connectivity index (χ0v) is 25.3. The van der Waals surface area contributed by atoms with Crippen LogP contribution in [-0.4, -0.2) is 74.1 Å². The first-order valence-corrected chi connectivity index (χ1v) is 15.9. The molecule has 0 spiro atoms. The summed E-state index contributed by atoms with van der Waals surface area (Å²) >= 11 is 0. The maximum absolute atomic E-state index is 12.6. The Hall–Kier alpha value is -3.28. The third kappa shape index (κ3) is 8.61. The average Bonchev–Trinajstić information content (AvgIpc) is 3.22. The molecule has 1 aliphatic rings. The first-order valence-electron chi connectivity index (χ1n) is 14.0. The lowest BCUT2D eigenvalue weighted by Gasteiger charge is -2.34. The van der Waals surface area contributed by atoms with Crippen molar-refractivity contribution in [2.24, 2.45) is 0 Å². The van der Waals surface area contributed by atoms with Gasteiger partial charge >= 0.3 is 6.09 Å². The summed E-state index contributed by atoms with van der Waals surface area (Å²) in [5.74, 6) is 0.956. The van der Waals surface area contributed by atoms with Crippen molar-refractivity contribution >= 4 is 32.7 Å². The molecule has 1 aliphatic heterocycles. The number of H-pyrrole nitrogens is 1. The predicted molar refractivity (Wildman–Crippen MR) is 161 cm³/mol. The molecular weight excluding hydrogens is 544 g/mol. The van der Waals surface area contributed by atoms with Gasteiger partial charge in [-0.2, -0.15) is 0 Å². The maximum atomic E-state index is 12.6. The van der Waals surface area contributed by atoms with Gasteiger partial charge in [-0.1, -0.05) is 12.1 Å². The second-order valence-electron chi connectivity index (χ2n) is 11.7. The molecule has 3 aromatic rings. The number of benzene rings is 2. The predicted octanol–water partition coefficient (Wildman–Crippen LogP) is 4.66. The number of nitrogens with zero attached hydrogens (tertiary/aromatic N) is 1. The zero-order valence-electron chi connectivity index (χ0n) is 24.5. The zero-order chi connectivity index (χ0) is 29.8. The SMILES string of the molecule is Cc1c(C2CCCN(C(=O)OC(C)(C)C)C2)[nH]c2cc(OCCNC[C@H](O)c3cccc(NS(C)(=O)=O)c3)ccc12. The van der Waals surface area contributed by atoms with E-state index in [0.29, 0.717) is 44.0 Å². The van der Waals surface area contributed by atoms with Crippen LogP contribution in [0.15, 0.2) is 42.5 Å². The number of fused-ring (bicyclic) bond motifs is 1. The third-order valence-electron chi connectivity index (χ3n) is 7.01. The fraction of sp³-hybridized carbons (Fsp3) is 0.500. The van der Waals surface area contributed by atoms with Crippen molar-refractivity contribution in [2.45, 2.75) is 58.2 Å². The molecule has 1 aromatic heterocycles. The topological polar surface area (TPSA) is 133 Å². The molecule has 0 radical (unpaired) electrons. The van der Waals surface area contributed by atoms with Gasteiger partial charge in [0, 0.05) is 60.4 Å². The van der Waals surface area contributed by atoms with Crippen LogP contribution in [0.2, 0.25) is 0 Å². The van der Waals surface area contributed by atoms with E-state index >= 15 is 0 Å². The fourth-order valence-corrected chi connectivity index (χ4v) is 5.72. The van der Waals surface area contributed by atoms with Gasteiger partial charge in [0.1, 0.15) is 18.0 Å². The number of aromatic nitrogens is 1. The Morgan fingerprint density at radius 2 is 2.00 bits per heavy atom. The Labute approximate surface area is 242 Å². The van der Waals surface area contributed by atoms with E-state index in [1.165, 1.54) is 5.56 Å². The molecule has 4 N–H and O–H groups in total. The average molecular weight is 587 g/mol. The first-order chi connectivity index (χ1) is 19.3. The highest BCUT2D eigenvalue weighted by molar-refractivity contribution is 7.92. The number of anilines is 1. The highest BCUT2D eigenvalue weighted by atomic mass is 32.2. The van der Waals surface area contributed by atoms with Crippen molar-refractivity contribution in [3.8, 4) is 5.75 Å². The lowest BCUT2D eigenvalue weighted by molar-refractivity contribution is 0.0197. The fourth-order valence-electron chi connectivity index (χ4n) is 5.16. The molecule has 1 amide bonds. The standard InChI is InChI=1S/C30H42N4O6S/c1-20-25-12-11-24(39-15-13-31-18-27(35)21-8-6-10-23(16-21)33-41(5,37)38)17-26(25)32-28(20)22-9-7-14-34(19-22)29(36)40-30(2,3)4/h6,8,10-12,16-17,22,27,31-33,35H,7,9,13-15,18-19H2,1-5H3/t22?,27-/m0/s1. The molecule has 2 aromatic carbocycles. The molecule has 0 aliphatic carbocycles. The summed E-state index contributed by atoms with van der Waals surface area (Å²) in [4.78, 5) is 18.0. The number of aryl methyl sites for hydroxylation is 1. The Balaban J connectivity index is 1.29. The molecule has 41 heavy (non-hydrogen) atoms. The van der Waals surface area contributed by atoms with Gasteiger partial charge in [0.15, 0.2) is 0 Å². The molecule has 1 saturated heterocycles. The van der Waals surface area contributed by atoms with Crippen LogP contribution in [0.4, 0.5) is 10.5 Å². The molecule has 4 rings (SSSR count). The maximum Gasteiger partial charge on any atom is 0.410 e. The van der Waals surface area contributed by atoms with Gasteiger partial charge in [-0.3, -0.25) is 4.72 Å². The number of ether oxygens (including phenoxy) is 2. The number of aromatic amines is 1. The number of carbonyl (C=O) groups excluding carboxylic acids is 1. The van der Waals surface area contributed by atoms with Crippen molar-refractivity contribution in [1.29, 1.82) is 0 Å². The molecule has 0 saturated carbocycles. The quantitative estimate of drug-likeness (QED) is 0.254. The van der Waals surface area contributed by atoms with E-state index in [-0.39, 0.29) is 12.0 Å². The Morgan fingerprint density at radius 3 is 2.73 bits per heavy atom. The van der Waals surface area contributed by atoms with Crippen LogP contribution in [0.3, 0.4) is 0 Å². The van der Waals surface area contributed by atoms with Gasteiger partial charge in [-0.15, -0.1) is 0 Å². The number of hydrogen-bond donors (Lipinski definition) is 4. The summed E-state index contributed by atoms with van der Waals surface area (Å²) in [6.07, 6.45) is 1.97. The molecule has 10 nitrogen and oxygen atoms in total. The molecule has 2 atom stereocenters. The number of rotatable bonds is 10. The number of sulfonamides is 1. The normalized spacial score (nSPS) is 16.9. The van der Waals surface area contributed by atoms with Crippen molar-refractivity contribution < 1.29 is 27.8 Å². The molecule has 1 fully saturated rings. The lowest BCUT2D eigenvalue weighted by atomic mass is 9.92. The van der Waals surface area contributed by atoms with E-state index in [0.717, 1.165) is 41.4 Å². The highest BCUT2D eigenvalue weighted by Crippen LogP contribution is 2.34. The number of piperidine rings is 1. The minimum absolute atomic E-state index is 0.214. The molecule has 2 heterocycles. The number of nitrogens with one attached hydrogen (secondary N) is 3. The van der Waals surface area contributed by atoms with Crippen LogP contribution in [-0.2, 0) is 14.8 Å². The Morgan fingerprint density at radius 1 is 1.22 bits per heavy atom. The summed E-state index contributed by atoms with van der Waals surface area (Å²) < 4.78 is 36.9. The van der Waals surface area contributed by atoms with Gasteiger partial charge in [0.2, 0.25) is 10.0 Å². The summed E-state index contributed by atoms with van der Waals surface area (Å²) in [6, 6.07) is 12.7. The van der Waals surface area contributed by atoms with Crippen LogP contribution in [0.25, 0.3) is 10.9 Å². The van der Waals surface area contributed by atoms with Crippen LogP contribution in [0, 0.1) is 6.92 Å². The van der Waals surface area contributed by atoms with E-state index in [1.807, 2.05) is 37.8 Å². The van der Waals surface area contributed by atoms with Crippen molar-refractivity contribution in [1.82, 2.24) is 15.2 Å². The number of carbonyl (C=O) groups is 1. The third-order valence-corrected chi connectivity index (χ3v) is 7.62. The van der Waals surface area contributed by atoms with Gasteiger partial charge < -0.3 is 29.8 Å². The number of hydrogen-bond acceptors (Lipinski definition) is 7. The van der Waals surface area contributed by atoms with E-state index < -0.39 is 21.7 Å². The van der Waals surface area contributed by atoms with Crippen molar-refractivity contribution in [3.63, 3.8) is 0 Å². The Kier molecular flexibility index (Phi) is 9.51. The molecular formula is C30H42N4O6S. The minimum atomic E-state index is -3.39. The Bertz CT molecular complexity index is 1460. The summed E-state index contributed by atoms with van der Waals surface area (Å²) in [5.41, 5.74) is 3.84. The van der Waals surface area contributed by atoms with Gasteiger partial charge in [-0.05, 0) is 75.9 Å². The van der Waals surface area contributed by atoms with Gasteiger partial charge in [0.25, 0.3) is 0 Å². The van der Waals surface area contributed by atoms with Crippen LogP contribution in [0.5, 0.6) is 5.75 Å². The van der Waals surface area contributed by atoms with Gasteiger partial charge in [0.05, 0.1) is 12.4 Å². The molecule has 1 unspecified atom stereocenters. The number of likely N-dealkylation sites (tertiary alicyclic amines) is 1. The smallest absolute Gasteiger partial charge is 0.410 e. The molecule has 0 bridgehead atoms. The highest BCUT2D eigenvalue weighted by Gasteiger charge is 2.30. The molecule has 224 valence electrons. The number of aliphatic hydroxyl groups is 1. The van der Waals surface area contributed by atoms with E-state index in [4.69, 9.17) is 9.47 Å². The molecule has 11 heteroatoms. The second-order valence-corrected chi connectivity index (χ2v) is 13.5. The van der Waals surface area contributed by atoms with E-state index in [9.17, 15) is 18.3 Å². The lowest BCUT2D eigenvalue weighted by Crippen LogP contribution is -2.42. The summed E-state index contributed by atoms with van der Waals surface area (Å²) in [5, 5.41) is 14.8. The minimum Gasteiger partial charge on any atom is -0.492 e. The largest absolute Gasteiger partial charge is 0.492 e.